The minimum atomic E-state index is -1.15. The smallest absolute Gasteiger partial charge is 0.309 e. The van der Waals surface area contributed by atoms with Crippen LogP contribution < -0.4 is 10.5 Å². The van der Waals surface area contributed by atoms with Crippen LogP contribution in [0.5, 0.6) is 5.75 Å². The third-order valence-electron chi connectivity index (χ3n) is 2.75. The van der Waals surface area contributed by atoms with Crippen LogP contribution >= 0.6 is 23.2 Å². The van der Waals surface area contributed by atoms with E-state index in [9.17, 15) is 9.18 Å². The van der Waals surface area contributed by atoms with Gasteiger partial charge in [-0.3, -0.25) is 4.79 Å². The van der Waals surface area contributed by atoms with Gasteiger partial charge in [-0.15, -0.1) is 0 Å². The van der Waals surface area contributed by atoms with Crippen molar-refractivity contribution < 1.29 is 19.0 Å². The molecule has 0 aliphatic rings. The summed E-state index contributed by atoms with van der Waals surface area (Å²) in [4.78, 5) is 18.7. The molecule has 0 radical (unpaired) electrons. The number of methoxy groups -OCH3 is 1. The number of ether oxygens (including phenoxy) is 1. The molecule has 0 saturated carbocycles. The Bertz CT molecular complexity index is 756. The minimum Gasteiger partial charge on any atom is -0.495 e. The van der Waals surface area contributed by atoms with Crippen molar-refractivity contribution in [1.29, 1.82) is 0 Å². The van der Waals surface area contributed by atoms with Crippen molar-refractivity contribution in [3.05, 3.63) is 33.7 Å². The largest absolute Gasteiger partial charge is 0.495 e. The first kappa shape index (κ1) is 16.3. The average molecular weight is 346 g/mol. The molecule has 3 N–H and O–H groups in total. The molecule has 0 unspecified atom stereocenters. The summed E-state index contributed by atoms with van der Waals surface area (Å²) in [5, 5.41) is 8.85. The van der Waals surface area contributed by atoms with E-state index >= 15 is 0 Å². The monoisotopic (exact) mass is 345 g/mol. The molecule has 0 bridgehead atoms. The number of hydrogen-bond acceptors (Lipinski definition) is 5. The van der Waals surface area contributed by atoms with E-state index in [1.165, 1.54) is 13.2 Å². The molecule has 0 aliphatic carbocycles. The molecular formula is C13H10Cl2FN3O3. The van der Waals surface area contributed by atoms with Crippen LogP contribution in [0.2, 0.25) is 10.0 Å². The maximum atomic E-state index is 14.1. The molecule has 22 heavy (non-hydrogen) atoms. The van der Waals surface area contributed by atoms with Gasteiger partial charge in [-0.25, -0.2) is 14.4 Å². The van der Waals surface area contributed by atoms with Crippen molar-refractivity contribution in [2.24, 2.45) is 0 Å². The molecule has 1 aromatic heterocycles. The van der Waals surface area contributed by atoms with E-state index in [4.69, 9.17) is 38.8 Å². The van der Waals surface area contributed by atoms with Gasteiger partial charge in [-0.05, 0) is 12.1 Å². The lowest BCUT2D eigenvalue weighted by atomic mass is 10.1. The van der Waals surface area contributed by atoms with Gasteiger partial charge in [0.1, 0.15) is 22.4 Å². The summed E-state index contributed by atoms with van der Waals surface area (Å²) in [6.07, 6.45) is -0.467. The molecule has 116 valence electrons. The van der Waals surface area contributed by atoms with Crippen LogP contribution in [-0.2, 0) is 11.2 Å². The number of nitrogens with two attached hydrogens (primary N) is 1. The number of anilines is 1. The maximum absolute atomic E-state index is 14.1. The fourth-order valence-corrected chi connectivity index (χ4v) is 2.13. The van der Waals surface area contributed by atoms with Crippen molar-refractivity contribution in [2.45, 2.75) is 6.42 Å². The van der Waals surface area contributed by atoms with Crippen molar-refractivity contribution in [2.75, 3.05) is 12.8 Å². The van der Waals surface area contributed by atoms with Crippen LogP contribution in [0.3, 0.4) is 0 Å². The molecule has 0 spiro atoms. The van der Waals surface area contributed by atoms with Crippen LogP contribution in [0, 0.1) is 5.82 Å². The molecule has 0 amide bonds. The molecule has 0 aliphatic heterocycles. The summed E-state index contributed by atoms with van der Waals surface area (Å²) in [6.45, 7) is 0. The Balaban J connectivity index is 2.62. The number of aliphatic carboxylic acids is 1. The van der Waals surface area contributed by atoms with Gasteiger partial charge in [-0.2, -0.15) is 0 Å². The van der Waals surface area contributed by atoms with Gasteiger partial charge in [-0.1, -0.05) is 23.2 Å². The Kier molecular flexibility index (Phi) is 4.68. The fourth-order valence-electron chi connectivity index (χ4n) is 1.75. The van der Waals surface area contributed by atoms with Gasteiger partial charge in [0, 0.05) is 0 Å². The van der Waals surface area contributed by atoms with Crippen LogP contribution in [0.25, 0.3) is 11.4 Å². The second-order valence-electron chi connectivity index (χ2n) is 4.23. The van der Waals surface area contributed by atoms with E-state index in [1.54, 1.807) is 0 Å². The first-order valence-electron chi connectivity index (χ1n) is 5.90. The predicted octanol–water partition coefficient (Wildman–Crippen LogP) is 2.81. The molecule has 2 aromatic rings. The number of rotatable bonds is 4. The quantitative estimate of drug-likeness (QED) is 0.883. The SMILES string of the molecule is COc1cc(-c2nc(N)c(Cl)c(CC(=O)O)n2)c(F)cc1Cl. The molecule has 0 saturated heterocycles. The summed E-state index contributed by atoms with van der Waals surface area (Å²) < 4.78 is 19.1. The number of halogens is 3. The van der Waals surface area contributed by atoms with Gasteiger partial charge in [0.15, 0.2) is 5.82 Å². The zero-order valence-corrected chi connectivity index (χ0v) is 12.7. The topological polar surface area (TPSA) is 98.3 Å². The van der Waals surface area contributed by atoms with Gasteiger partial charge in [0.05, 0.1) is 29.8 Å². The average Bonchev–Trinajstić information content (AvgIpc) is 2.43. The fraction of sp³-hybridized carbons (Fsp3) is 0.154. The summed E-state index contributed by atoms with van der Waals surface area (Å²) in [6, 6.07) is 2.34. The van der Waals surface area contributed by atoms with E-state index in [-0.39, 0.29) is 38.7 Å². The number of benzene rings is 1. The number of aromatic nitrogens is 2. The van der Waals surface area contributed by atoms with Gasteiger partial charge in [0.25, 0.3) is 0 Å². The second-order valence-corrected chi connectivity index (χ2v) is 5.02. The lowest BCUT2D eigenvalue weighted by Crippen LogP contribution is -2.08. The summed E-state index contributed by atoms with van der Waals surface area (Å²) in [5.74, 6) is -1.88. The highest BCUT2D eigenvalue weighted by Crippen LogP contribution is 2.33. The summed E-state index contributed by atoms with van der Waals surface area (Å²) in [7, 11) is 1.37. The van der Waals surface area contributed by atoms with Crippen LogP contribution in [-0.4, -0.2) is 28.2 Å². The van der Waals surface area contributed by atoms with Crippen molar-refractivity contribution >= 4 is 35.0 Å². The minimum absolute atomic E-state index is 0.00927. The van der Waals surface area contributed by atoms with Crippen LogP contribution in [0.1, 0.15) is 5.69 Å². The highest BCUT2D eigenvalue weighted by molar-refractivity contribution is 6.33. The molecule has 1 heterocycles. The van der Waals surface area contributed by atoms with Gasteiger partial charge in [0.2, 0.25) is 0 Å². The molecule has 0 fully saturated rings. The second kappa shape index (κ2) is 6.33. The molecule has 0 atom stereocenters. The molecule has 1 aromatic carbocycles. The number of hydrogen-bond donors (Lipinski definition) is 2. The number of nitrogen functional groups attached to an aromatic ring is 1. The third-order valence-corrected chi connectivity index (χ3v) is 3.45. The van der Waals surface area contributed by atoms with E-state index < -0.39 is 18.2 Å². The normalized spacial score (nSPS) is 10.5. The Hall–Kier alpha value is -2.12. The molecular weight excluding hydrogens is 336 g/mol. The first-order valence-corrected chi connectivity index (χ1v) is 6.66. The van der Waals surface area contributed by atoms with E-state index in [2.05, 4.69) is 9.97 Å². The maximum Gasteiger partial charge on any atom is 0.309 e. The Labute approximate surface area is 134 Å². The van der Waals surface area contributed by atoms with E-state index in [0.29, 0.717) is 0 Å². The standard InChI is InChI=1S/C13H10Cl2FN3O3/c1-22-9-2-5(7(16)3-6(9)14)13-18-8(4-10(20)21)11(15)12(17)19-13/h2-3H,4H2,1H3,(H,20,21)(H2,17,18,19). The van der Waals surface area contributed by atoms with Gasteiger partial charge < -0.3 is 15.6 Å². The molecule has 6 nitrogen and oxygen atoms in total. The summed E-state index contributed by atoms with van der Waals surface area (Å²) in [5.41, 5.74) is 5.59. The lowest BCUT2D eigenvalue weighted by molar-refractivity contribution is -0.136. The zero-order valence-electron chi connectivity index (χ0n) is 11.2. The zero-order chi connectivity index (χ0) is 16.4. The molecule has 2 rings (SSSR count). The van der Waals surface area contributed by atoms with Gasteiger partial charge >= 0.3 is 5.97 Å². The highest BCUT2D eigenvalue weighted by Gasteiger charge is 2.18. The van der Waals surface area contributed by atoms with Crippen LogP contribution in [0.15, 0.2) is 12.1 Å². The number of carbonyl (C=O) groups is 1. The first-order chi connectivity index (χ1) is 10.3. The Morgan fingerprint density at radius 3 is 2.68 bits per heavy atom. The van der Waals surface area contributed by atoms with Crippen molar-refractivity contribution in [3.8, 4) is 17.1 Å². The number of carboxylic acids is 1. The lowest BCUT2D eigenvalue weighted by Gasteiger charge is -2.10. The number of nitrogens with zero attached hydrogens (tertiary/aromatic N) is 2. The van der Waals surface area contributed by atoms with Crippen LogP contribution in [0.4, 0.5) is 10.2 Å². The Morgan fingerprint density at radius 1 is 1.41 bits per heavy atom. The molecule has 9 heteroatoms. The van der Waals surface area contributed by atoms with E-state index in [1.807, 2.05) is 0 Å². The number of carboxylic acid groups (broad SMARTS) is 1. The highest BCUT2D eigenvalue weighted by atomic mass is 35.5. The Morgan fingerprint density at radius 2 is 2.09 bits per heavy atom. The third kappa shape index (κ3) is 3.20. The predicted molar refractivity (Wildman–Crippen MR) is 79.8 cm³/mol. The summed E-state index contributed by atoms with van der Waals surface area (Å²) >= 11 is 11.7. The van der Waals surface area contributed by atoms with Crippen molar-refractivity contribution in [1.82, 2.24) is 9.97 Å². The van der Waals surface area contributed by atoms with Crippen molar-refractivity contribution in [3.63, 3.8) is 0 Å². The van der Waals surface area contributed by atoms with E-state index in [0.717, 1.165) is 6.07 Å².